The molecule has 0 aliphatic heterocycles. The fraction of sp³-hybridized carbons (Fsp3) is 0.474. The van der Waals surface area contributed by atoms with E-state index in [1.54, 1.807) is 26.0 Å². The number of phenols is 1. The van der Waals surface area contributed by atoms with Gasteiger partial charge in [-0.2, -0.15) is 0 Å². The van der Waals surface area contributed by atoms with Gasteiger partial charge in [0.1, 0.15) is 17.8 Å². The molecular formula is C19H28N4O6. The van der Waals surface area contributed by atoms with Gasteiger partial charge in [0.2, 0.25) is 17.7 Å². The highest BCUT2D eigenvalue weighted by Crippen LogP contribution is 2.11. The van der Waals surface area contributed by atoms with Crippen LogP contribution >= 0.6 is 0 Å². The number of nitrogens with two attached hydrogens (primary N) is 2. The lowest BCUT2D eigenvalue weighted by Gasteiger charge is -2.24. The number of benzene rings is 1. The summed E-state index contributed by atoms with van der Waals surface area (Å²) in [6.45, 7) is 3.44. The Kier molecular flexibility index (Phi) is 9.07. The van der Waals surface area contributed by atoms with E-state index in [0.29, 0.717) is 12.0 Å². The van der Waals surface area contributed by atoms with Crippen molar-refractivity contribution in [1.82, 2.24) is 10.6 Å². The molecule has 8 N–H and O–H groups in total. The monoisotopic (exact) mass is 408 g/mol. The van der Waals surface area contributed by atoms with E-state index in [2.05, 4.69) is 10.6 Å². The summed E-state index contributed by atoms with van der Waals surface area (Å²) >= 11 is 0. The van der Waals surface area contributed by atoms with Gasteiger partial charge in [0.05, 0.1) is 12.5 Å². The van der Waals surface area contributed by atoms with E-state index in [0.717, 1.165) is 0 Å². The first-order valence-electron chi connectivity index (χ1n) is 9.20. The van der Waals surface area contributed by atoms with Crippen molar-refractivity contribution in [2.24, 2.45) is 17.4 Å². The molecule has 0 radical (unpaired) electrons. The summed E-state index contributed by atoms with van der Waals surface area (Å²) in [5.41, 5.74) is 11.7. The lowest BCUT2D eigenvalue weighted by Crippen LogP contribution is -2.56. The van der Waals surface area contributed by atoms with Gasteiger partial charge in [-0.1, -0.05) is 32.4 Å². The Bertz CT molecular complexity index is 737. The fourth-order valence-corrected chi connectivity index (χ4v) is 2.60. The first-order chi connectivity index (χ1) is 13.5. The Morgan fingerprint density at radius 1 is 1.07 bits per heavy atom. The van der Waals surface area contributed by atoms with Gasteiger partial charge >= 0.3 is 5.97 Å². The maximum atomic E-state index is 12.5. The first kappa shape index (κ1) is 23.9. The molecule has 1 aromatic carbocycles. The van der Waals surface area contributed by atoms with Crippen LogP contribution in [0.2, 0.25) is 0 Å². The number of hydrogen-bond acceptors (Lipinski definition) is 6. The lowest BCUT2D eigenvalue weighted by atomic mass is 9.98. The number of carboxylic acids is 1. The molecule has 0 saturated heterocycles. The Labute approximate surface area is 168 Å². The normalized spacial score (nSPS) is 14.9. The standard InChI is InChI=1S/C19H28N4O6/c1-3-10(2)16(19(28)29)23-18(27)14(9-15(21)25)22-17(26)13(20)8-11-4-6-12(24)7-5-11/h4-7,10,13-14,16,24H,3,8-9,20H2,1-2H3,(H2,21,25)(H,22,26)(H,23,27)(H,28,29)/t10-,13-,14-,16-/m0/s1. The van der Waals surface area contributed by atoms with Crippen molar-refractivity contribution in [3.8, 4) is 5.75 Å². The third kappa shape index (κ3) is 7.78. The number of hydrogen-bond donors (Lipinski definition) is 6. The number of rotatable bonds is 11. The SMILES string of the molecule is CC[C@H](C)[C@H](NC(=O)[C@H](CC(N)=O)NC(=O)[C@@H](N)Cc1ccc(O)cc1)C(=O)O. The second-order valence-corrected chi connectivity index (χ2v) is 6.92. The summed E-state index contributed by atoms with van der Waals surface area (Å²) in [5, 5.41) is 23.3. The first-order valence-corrected chi connectivity index (χ1v) is 9.20. The molecule has 10 heteroatoms. The Hall–Kier alpha value is -3.14. The third-order valence-corrected chi connectivity index (χ3v) is 4.54. The highest BCUT2D eigenvalue weighted by Gasteiger charge is 2.31. The average Bonchev–Trinajstić information content (AvgIpc) is 2.65. The smallest absolute Gasteiger partial charge is 0.326 e. The van der Waals surface area contributed by atoms with Crippen LogP contribution in [-0.2, 0) is 25.6 Å². The molecule has 0 aliphatic carbocycles. The summed E-state index contributed by atoms with van der Waals surface area (Å²) in [5.74, 6) is -3.89. The van der Waals surface area contributed by atoms with Crippen molar-refractivity contribution in [2.45, 2.75) is 51.2 Å². The second-order valence-electron chi connectivity index (χ2n) is 6.92. The topological polar surface area (TPSA) is 185 Å². The van der Waals surface area contributed by atoms with Gasteiger partial charge in [-0.15, -0.1) is 0 Å². The van der Waals surface area contributed by atoms with Crippen molar-refractivity contribution in [2.75, 3.05) is 0 Å². The van der Waals surface area contributed by atoms with Crippen LogP contribution < -0.4 is 22.1 Å². The van der Waals surface area contributed by atoms with Crippen LogP contribution in [0, 0.1) is 5.92 Å². The number of nitrogens with one attached hydrogen (secondary N) is 2. The number of aromatic hydroxyl groups is 1. The van der Waals surface area contributed by atoms with Gasteiger partial charge in [0.15, 0.2) is 0 Å². The molecule has 160 valence electrons. The third-order valence-electron chi connectivity index (χ3n) is 4.54. The van der Waals surface area contributed by atoms with Crippen molar-refractivity contribution < 1.29 is 29.4 Å². The quantitative estimate of drug-likeness (QED) is 0.278. The minimum atomic E-state index is -1.35. The van der Waals surface area contributed by atoms with E-state index in [9.17, 15) is 29.4 Å². The van der Waals surface area contributed by atoms with Gasteiger partial charge in [0, 0.05) is 0 Å². The maximum absolute atomic E-state index is 12.5. The predicted octanol–water partition coefficient (Wildman–Crippen LogP) is -0.762. The molecular weight excluding hydrogens is 380 g/mol. The molecule has 0 heterocycles. The van der Waals surface area contributed by atoms with Crippen molar-refractivity contribution in [3.05, 3.63) is 29.8 Å². The zero-order valence-electron chi connectivity index (χ0n) is 16.4. The van der Waals surface area contributed by atoms with E-state index in [-0.39, 0.29) is 18.1 Å². The highest BCUT2D eigenvalue weighted by molar-refractivity contribution is 5.94. The fourth-order valence-electron chi connectivity index (χ4n) is 2.60. The van der Waals surface area contributed by atoms with Gasteiger partial charge in [-0.3, -0.25) is 14.4 Å². The van der Waals surface area contributed by atoms with Crippen LogP contribution in [0.3, 0.4) is 0 Å². The molecule has 0 fully saturated rings. The van der Waals surface area contributed by atoms with Gasteiger partial charge in [-0.05, 0) is 30.0 Å². The number of carbonyl (C=O) groups excluding carboxylic acids is 3. The second kappa shape index (κ2) is 11.0. The minimum absolute atomic E-state index is 0.0688. The molecule has 0 aromatic heterocycles. The van der Waals surface area contributed by atoms with Gasteiger partial charge < -0.3 is 32.3 Å². The minimum Gasteiger partial charge on any atom is -0.508 e. The number of amides is 3. The molecule has 0 bridgehead atoms. The van der Waals surface area contributed by atoms with Crippen LogP contribution in [-0.4, -0.2) is 52.0 Å². The van der Waals surface area contributed by atoms with E-state index in [1.165, 1.54) is 12.1 Å². The molecule has 1 rings (SSSR count). The number of aliphatic carboxylic acids is 1. The summed E-state index contributed by atoms with van der Waals surface area (Å²) < 4.78 is 0. The Morgan fingerprint density at radius 3 is 2.14 bits per heavy atom. The number of carbonyl (C=O) groups is 4. The largest absolute Gasteiger partial charge is 0.508 e. The van der Waals surface area contributed by atoms with Crippen LogP contribution in [0.25, 0.3) is 0 Å². The molecule has 29 heavy (non-hydrogen) atoms. The maximum Gasteiger partial charge on any atom is 0.326 e. The van der Waals surface area contributed by atoms with Crippen LogP contribution in [0.1, 0.15) is 32.3 Å². The number of carboxylic acid groups (broad SMARTS) is 1. The van der Waals surface area contributed by atoms with E-state index in [1.807, 2.05) is 0 Å². The molecule has 1 aromatic rings. The predicted molar refractivity (Wildman–Crippen MR) is 105 cm³/mol. The van der Waals surface area contributed by atoms with Crippen molar-refractivity contribution in [1.29, 1.82) is 0 Å². The Balaban J connectivity index is 2.84. The zero-order chi connectivity index (χ0) is 22.1. The van der Waals surface area contributed by atoms with E-state index < -0.39 is 48.2 Å². The molecule has 4 atom stereocenters. The van der Waals surface area contributed by atoms with Gasteiger partial charge in [-0.25, -0.2) is 4.79 Å². The average molecular weight is 408 g/mol. The van der Waals surface area contributed by atoms with Gasteiger partial charge in [0.25, 0.3) is 0 Å². The van der Waals surface area contributed by atoms with Crippen LogP contribution in [0.5, 0.6) is 5.75 Å². The molecule has 0 saturated carbocycles. The number of phenolic OH excluding ortho intramolecular Hbond substituents is 1. The summed E-state index contributed by atoms with van der Waals surface area (Å²) in [6, 6.07) is 2.53. The van der Waals surface area contributed by atoms with Crippen molar-refractivity contribution >= 4 is 23.7 Å². The zero-order valence-corrected chi connectivity index (χ0v) is 16.4. The summed E-state index contributed by atoms with van der Waals surface area (Å²) in [4.78, 5) is 47.6. The molecule has 0 spiro atoms. The van der Waals surface area contributed by atoms with Crippen LogP contribution in [0.15, 0.2) is 24.3 Å². The van der Waals surface area contributed by atoms with Crippen molar-refractivity contribution in [3.63, 3.8) is 0 Å². The Morgan fingerprint density at radius 2 is 1.66 bits per heavy atom. The molecule has 10 nitrogen and oxygen atoms in total. The lowest BCUT2D eigenvalue weighted by molar-refractivity contribution is -0.143. The molecule has 0 unspecified atom stereocenters. The summed E-state index contributed by atoms with van der Waals surface area (Å²) in [6.07, 6.45) is 0.125. The van der Waals surface area contributed by atoms with E-state index >= 15 is 0 Å². The molecule has 0 aliphatic rings. The van der Waals surface area contributed by atoms with E-state index in [4.69, 9.17) is 11.5 Å². The highest BCUT2D eigenvalue weighted by atomic mass is 16.4. The molecule has 3 amide bonds. The van der Waals surface area contributed by atoms with Crippen LogP contribution in [0.4, 0.5) is 0 Å². The number of primary amides is 1. The summed E-state index contributed by atoms with van der Waals surface area (Å²) in [7, 11) is 0.